The Bertz CT molecular complexity index is 2660. The summed E-state index contributed by atoms with van der Waals surface area (Å²) < 4.78 is 2.40. The van der Waals surface area contributed by atoms with Crippen LogP contribution in [0.15, 0.2) is 188 Å². The number of hydrogen-bond acceptors (Lipinski definition) is 3. The minimum absolute atomic E-state index is 0.0982. The normalized spacial score (nSPS) is 17.8. The van der Waals surface area contributed by atoms with Gasteiger partial charge in [0.1, 0.15) is 0 Å². The molecule has 7 aromatic rings. The molecule has 3 unspecified atom stereocenters. The molecule has 268 valence electrons. The van der Waals surface area contributed by atoms with Gasteiger partial charge in [-0.05, 0) is 102 Å². The summed E-state index contributed by atoms with van der Waals surface area (Å²) in [7, 11) is 2.02. The predicted molar refractivity (Wildman–Crippen MR) is 231 cm³/mol. The van der Waals surface area contributed by atoms with Crippen LogP contribution in [0.25, 0.3) is 49.7 Å². The summed E-state index contributed by atoms with van der Waals surface area (Å²) >= 11 is 0. The van der Waals surface area contributed by atoms with Gasteiger partial charge in [0.05, 0.1) is 23.2 Å². The molecule has 0 fully saturated rings. The molecule has 6 aromatic carbocycles. The molecule has 2 heterocycles. The first-order valence-corrected chi connectivity index (χ1v) is 19.6. The third-order valence-corrected chi connectivity index (χ3v) is 11.7. The SMILES string of the molecule is CNC(NCC1=CC=CCC1)c1ccc(-c2ccc3c(c2)C2C=CC=CC2N3c2cccc(-c3ccc4c5ccccc5n(-c5ccccc5)c4c3)c2)cc1. The van der Waals surface area contributed by atoms with Crippen LogP contribution in [-0.4, -0.2) is 24.2 Å². The van der Waals surface area contributed by atoms with Crippen LogP contribution in [0.4, 0.5) is 11.4 Å². The van der Waals surface area contributed by atoms with Crippen LogP contribution in [0.1, 0.15) is 36.1 Å². The fraction of sp³-hybridized carbons (Fsp3) is 0.137. The van der Waals surface area contributed by atoms with Crippen molar-refractivity contribution in [2.75, 3.05) is 18.5 Å². The molecule has 10 rings (SSSR count). The van der Waals surface area contributed by atoms with E-state index in [4.69, 9.17) is 0 Å². The molecule has 3 atom stereocenters. The smallest absolute Gasteiger partial charge is 0.0835 e. The Morgan fingerprint density at radius 3 is 2.24 bits per heavy atom. The van der Waals surface area contributed by atoms with Gasteiger partial charge < -0.3 is 14.8 Å². The first-order valence-electron chi connectivity index (χ1n) is 19.6. The summed E-state index contributed by atoms with van der Waals surface area (Å²) in [5.41, 5.74) is 15.1. The van der Waals surface area contributed by atoms with Crippen molar-refractivity contribution in [3.63, 3.8) is 0 Å². The zero-order chi connectivity index (χ0) is 36.7. The van der Waals surface area contributed by atoms with Gasteiger partial charge in [-0.2, -0.15) is 0 Å². The summed E-state index contributed by atoms with van der Waals surface area (Å²) in [6.07, 6.45) is 18.2. The molecule has 1 aromatic heterocycles. The molecular weight excluding hydrogens is 669 g/mol. The number of anilines is 2. The fourth-order valence-corrected chi connectivity index (χ4v) is 8.95. The quantitative estimate of drug-likeness (QED) is 0.146. The lowest BCUT2D eigenvalue weighted by Gasteiger charge is -2.29. The Balaban J connectivity index is 0.971. The van der Waals surface area contributed by atoms with E-state index in [1.807, 2.05) is 7.05 Å². The van der Waals surface area contributed by atoms with E-state index in [1.54, 1.807) is 0 Å². The fourth-order valence-electron chi connectivity index (χ4n) is 8.95. The molecule has 0 amide bonds. The summed E-state index contributed by atoms with van der Waals surface area (Å²) in [6.45, 7) is 0.890. The van der Waals surface area contributed by atoms with Crippen LogP contribution >= 0.6 is 0 Å². The van der Waals surface area contributed by atoms with Gasteiger partial charge in [0.15, 0.2) is 0 Å². The second-order valence-electron chi connectivity index (χ2n) is 14.9. The maximum Gasteiger partial charge on any atom is 0.0835 e. The lowest BCUT2D eigenvalue weighted by atomic mass is 9.89. The van der Waals surface area contributed by atoms with E-state index >= 15 is 0 Å². The van der Waals surface area contributed by atoms with Crippen molar-refractivity contribution in [3.05, 3.63) is 199 Å². The first-order chi connectivity index (χ1) is 27.2. The van der Waals surface area contributed by atoms with Crippen molar-refractivity contribution < 1.29 is 0 Å². The Labute approximate surface area is 323 Å². The number of para-hydroxylation sites is 2. The lowest BCUT2D eigenvalue weighted by Crippen LogP contribution is -2.33. The van der Waals surface area contributed by atoms with Crippen LogP contribution in [0, 0.1) is 0 Å². The van der Waals surface area contributed by atoms with Gasteiger partial charge >= 0.3 is 0 Å². The highest BCUT2D eigenvalue weighted by atomic mass is 15.2. The zero-order valence-electron chi connectivity index (χ0n) is 31.1. The second-order valence-corrected chi connectivity index (χ2v) is 14.9. The molecule has 55 heavy (non-hydrogen) atoms. The summed E-state index contributed by atoms with van der Waals surface area (Å²) in [5, 5.41) is 9.71. The van der Waals surface area contributed by atoms with Gasteiger partial charge in [-0.15, -0.1) is 0 Å². The molecule has 1 aliphatic heterocycles. The van der Waals surface area contributed by atoms with Crippen molar-refractivity contribution in [2.45, 2.75) is 31.0 Å². The molecule has 0 radical (unpaired) electrons. The zero-order valence-corrected chi connectivity index (χ0v) is 31.1. The van der Waals surface area contributed by atoms with Gasteiger partial charge in [0.25, 0.3) is 0 Å². The van der Waals surface area contributed by atoms with E-state index in [-0.39, 0.29) is 18.1 Å². The maximum absolute atomic E-state index is 3.70. The van der Waals surface area contributed by atoms with Crippen molar-refractivity contribution in [3.8, 4) is 27.9 Å². The Hall–Kier alpha value is -6.20. The van der Waals surface area contributed by atoms with E-state index < -0.39 is 0 Å². The Kier molecular flexibility index (Phi) is 8.63. The van der Waals surface area contributed by atoms with E-state index in [1.165, 1.54) is 77.8 Å². The third-order valence-electron chi connectivity index (χ3n) is 11.7. The predicted octanol–water partition coefficient (Wildman–Crippen LogP) is 11.9. The number of benzene rings is 6. The number of hydrogen-bond donors (Lipinski definition) is 2. The number of rotatable bonds is 9. The van der Waals surface area contributed by atoms with Crippen molar-refractivity contribution in [2.24, 2.45) is 0 Å². The molecular formula is C51H44N4. The number of allylic oxidation sites excluding steroid dienone is 5. The molecule has 0 saturated heterocycles. The van der Waals surface area contributed by atoms with Gasteiger partial charge in [-0.25, -0.2) is 0 Å². The van der Waals surface area contributed by atoms with Crippen LogP contribution in [-0.2, 0) is 0 Å². The molecule has 4 heteroatoms. The molecule has 4 nitrogen and oxygen atoms in total. The second kappa shape index (κ2) is 14.2. The average molecular weight is 713 g/mol. The van der Waals surface area contributed by atoms with Crippen LogP contribution in [0.2, 0.25) is 0 Å². The molecule has 2 aliphatic carbocycles. The first kappa shape index (κ1) is 33.4. The van der Waals surface area contributed by atoms with Gasteiger partial charge in [-0.1, -0.05) is 139 Å². The van der Waals surface area contributed by atoms with E-state index in [0.717, 1.165) is 19.4 Å². The summed E-state index contributed by atoms with van der Waals surface area (Å²) in [6, 6.07) is 51.8. The van der Waals surface area contributed by atoms with Gasteiger partial charge in [0.2, 0.25) is 0 Å². The summed E-state index contributed by atoms with van der Waals surface area (Å²) in [5.74, 6) is 0.280. The average Bonchev–Trinajstić information content (AvgIpc) is 3.77. The van der Waals surface area contributed by atoms with Crippen LogP contribution in [0.5, 0.6) is 0 Å². The Morgan fingerprint density at radius 2 is 1.38 bits per heavy atom. The third kappa shape index (κ3) is 6.04. The number of nitrogens with zero attached hydrogens (tertiary/aromatic N) is 2. The van der Waals surface area contributed by atoms with Crippen molar-refractivity contribution in [1.82, 2.24) is 15.2 Å². The number of fused-ring (bicyclic) bond motifs is 6. The molecule has 0 saturated carbocycles. The molecule has 2 N–H and O–H groups in total. The summed E-state index contributed by atoms with van der Waals surface area (Å²) in [4.78, 5) is 2.54. The largest absolute Gasteiger partial charge is 0.333 e. The lowest BCUT2D eigenvalue weighted by molar-refractivity contribution is 0.490. The topological polar surface area (TPSA) is 32.2 Å². The Morgan fingerprint density at radius 1 is 0.636 bits per heavy atom. The van der Waals surface area contributed by atoms with Crippen LogP contribution < -0.4 is 15.5 Å². The van der Waals surface area contributed by atoms with Crippen molar-refractivity contribution >= 4 is 33.2 Å². The minimum Gasteiger partial charge on any atom is -0.333 e. The molecule has 0 bridgehead atoms. The highest BCUT2D eigenvalue weighted by Gasteiger charge is 2.37. The standard InChI is InChI=1S/C51H44N4/c1-52-51(53-34-35-13-4-2-5-14-35)37-25-23-36(24-26-37)39-28-30-49-46(32-39)44-20-9-11-22-48(44)55(49)42-18-12-15-38(31-42)40-27-29-45-43-19-8-10-21-47(43)54(50(45)33-40)41-16-6-3-7-17-41/h2-4,6-13,15-33,44,48,51-53H,5,14,34H2,1H3. The van der Waals surface area contributed by atoms with Gasteiger partial charge in [0, 0.05) is 40.3 Å². The van der Waals surface area contributed by atoms with Gasteiger partial charge in [-0.3, -0.25) is 5.32 Å². The number of nitrogens with one attached hydrogen (secondary N) is 2. The monoisotopic (exact) mass is 712 g/mol. The maximum atomic E-state index is 3.70. The van der Waals surface area contributed by atoms with Crippen LogP contribution in [0.3, 0.4) is 0 Å². The van der Waals surface area contributed by atoms with E-state index in [0.29, 0.717) is 0 Å². The highest BCUT2D eigenvalue weighted by Crippen LogP contribution is 2.49. The highest BCUT2D eigenvalue weighted by molar-refractivity contribution is 6.10. The number of aromatic nitrogens is 1. The molecule has 3 aliphatic rings. The van der Waals surface area contributed by atoms with E-state index in [9.17, 15) is 0 Å². The van der Waals surface area contributed by atoms with Crippen molar-refractivity contribution in [1.29, 1.82) is 0 Å². The minimum atomic E-state index is 0.0982. The molecule has 0 spiro atoms. The van der Waals surface area contributed by atoms with E-state index in [2.05, 4.69) is 202 Å².